The Bertz CT molecular complexity index is 1150. The average molecular weight is 550 g/mol. The fourth-order valence-electron chi connectivity index (χ4n) is 3.77. The van der Waals surface area contributed by atoms with Gasteiger partial charge in [-0.25, -0.2) is 17.9 Å². The fraction of sp³-hybridized carbons (Fsp3) is 0.478. The first kappa shape index (κ1) is 28.0. The zero-order chi connectivity index (χ0) is 26.7. The van der Waals surface area contributed by atoms with E-state index in [1.165, 1.54) is 6.20 Å². The largest absolute Gasteiger partial charge is 0.573 e. The third-order valence-corrected chi connectivity index (χ3v) is 7.06. The van der Waals surface area contributed by atoms with E-state index in [1.54, 1.807) is 37.8 Å². The number of sulfonamides is 1. The number of carbonyl (C=O) groups excluding carboxylic acids is 1. The Labute approximate surface area is 212 Å². The number of benzene rings is 1. The van der Waals surface area contributed by atoms with Gasteiger partial charge in [0.05, 0.1) is 21.7 Å². The monoisotopic (exact) mass is 549 g/mol. The van der Waals surface area contributed by atoms with Gasteiger partial charge in [-0.1, -0.05) is 11.6 Å². The molecular formula is C23H27ClF3N3O5S. The van der Waals surface area contributed by atoms with Gasteiger partial charge in [0.1, 0.15) is 11.4 Å². The molecule has 2 aromatic rings. The molecule has 13 heteroatoms. The molecule has 1 aromatic heterocycles. The maximum atomic E-state index is 13.1. The Kier molecular flexibility index (Phi) is 8.41. The minimum atomic E-state index is -4.89. The summed E-state index contributed by atoms with van der Waals surface area (Å²) in [5.41, 5.74) is -0.212. The molecule has 0 bridgehead atoms. The number of alkyl halides is 3. The average Bonchev–Trinajstić information content (AvgIpc) is 2.76. The van der Waals surface area contributed by atoms with Gasteiger partial charge >= 0.3 is 12.5 Å². The predicted molar refractivity (Wildman–Crippen MR) is 126 cm³/mol. The van der Waals surface area contributed by atoms with Crippen molar-refractivity contribution in [1.29, 1.82) is 0 Å². The number of ether oxygens (including phenoxy) is 2. The molecule has 1 N–H and O–H groups in total. The van der Waals surface area contributed by atoms with Crippen molar-refractivity contribution < 1.29 is 35.9 Å². The van der Waals surface area contributed by atoms with Crippen molar-refractivity contribution in [3.8, 4) is 5.75 Å². The van der Waals surface area contributed by atoms with E-state index in [-0.39, 0.29) is 10.8 Å². The number of aromatic nitrogens is 1. The molecule has 1 fully saturated rings. The highest BCUT2D eigenvalue weighted by Crippen LogP contribution is 2.33. The van der Waals surface area contributed by atoms with Gasteiger partial charge in [-0.05, 0) is 75.9 Å². The second-order valence-corrected chi connectivity index (χ2v) is 11.5. The van der Waals surface area contributed by atoms with Crippen LogP contribution in [0.25, 0.3) is 0 Å². The highest BCUT2D eigenvalue weighted by Gasteiger charge is 2.35. The first-order chi connectivity index (χ1) is 16.6. The number of carbonyl (C=O) groups is 1. The van der Waals surface area contributed by atoms with E-state index in [4.69, 9.17) is 16.3 Å². The zero-order valence-corrected chi connectivity index (χ0v) is 21.5. The van der Waals surface area contributed by atoms with Gasteiger partial charge in [0.2, 0.25) is 10.0 Å². The molecule has 0 unspecified atom stereocenters. The molecule has 1 saturated heterocycles. The number of hydrogen-bond donors (Lipinski definition) is 1. The molecule has 1 amide bonds. The highest BCUT2D eigenvalue weighted by molar-refractivity contribution is 7.89. The zero-order valence-electron chi connectivity index (χ0n) is 19.9. The summed E-state index contributed by atoms with van der Waals surface area (Å²) in [6.45, 7) is 6.03. The number of hydrogen-bond acceptors (Lipinski definition) is 6. The standard InChI is InChI=1S/C23H27ClF3N3O5S/c1-22(2,3)35-21(31)30-12-10-15(11-13-30)20(19-9-4-16(24)14-28-19)29-36(32,33)18-7-5-17(6-8-18)34-23(25,26)27/h4-9,14-15,20,29H,10-13H2,1-3H3/t20-/m0/s1. The van der Waals surface area contributed by atoms with E-state index >= 15 is 0 Å². The van der Waals surface area contributed by atoms with E-state index < -0.39 is 39.9 Å². The van der Waals surface area contributed by atoms with Crippen molar-refractivity contribution in [2.75, 3.05) is 13.1 Å². The van der Waals surface area contributed by atoms with Gasteiger partial charge in [0, 0.05) is 19.3 Å². The molecule has 0 spiro atoms. The Balaban J connectivity index is 1.79. The van der Waals surface area contributed by atoms with Gasteiger partial charge in [-0.3, -0.25) is 4.98 Å². The van der Waals surface area contributed by atoms with E-state index in [2.05, 4.69) is 14.4 Å². The number of rotatable bonds is 6. The lowest BCUT2D eigenvalue weighted by molar-refractivity contribution is -0.274. The minimum absolute atomic E-state index is 0.222. The Hall–Kier alpha value is -2.57. The lowest BCUT2D eigenvalue weighted by Gasteiger charge is -2.36. The Morgan fingerprint density at radius 2 is 1.72 bits per heavy atom. The van der Waals surface area contributed by atoms with E-state index in [0.29, 0.717) is 36.6 Å². The molecule has 3 rings (SSSR count). The van der Waals surface area contributed by atoms with Gasteiger partial charge in [-0.2, -0.15) is 0 Å². The number of pyridine rings is 1. The molecule has 0 saturated carbocycles. The fourth-order valence-corrected chi connectivity index (χ4v) is 5.16. The van der Waals surface area contributed by atoms with Gasteiger partial charge in [0.25, 0.3) is 0 Å². The van der Waals surface area contributed by atoms with Crippen LogP contribution < -0.4 is 9.46 Å². The molecular weight excluding hydrogens is 523 g/mol. The van der Waals surface area contributed by atoms with Crippen molar-refractivity contribution in [3.63, 3.8) is 0 Å². The lowest BCUT2D eigenvalue weighted by Crippen LogP contribution is -2.44. The highest BCUT2D eigenvalue weighted by atomic mass is 35.5. The normalized spacial score (nSPS) is 16.5. The first-order valence-electron chi connectivity index (χ1n) is 11.1. The third-order valence-electron chi connectivity index (χ3n) is 5.38. The molecule has 198 valence electrons. The summed E-state index contributed by atoms with van der Waals surface area (Å²) in [5.74, 6) is -0.758. The maximum absolute atomic E-state index is 13.1. The minimum Gasteiger partial charge on any atom is -0.444 e. The van der Waals surface area contributed by atoms with Crippen LogP contribution in [0.4, 0.5) is 18.0 Å². The molecule has 8 nitrogen and oxygen atoms in total. The molecule has 2 heterocycles. The van der Waals surface area contributed by atoms with Crippen molar-refractivity contribution in [3.05, 3.63) is 53.3 Å². The summed E-state index contributed by atoms with van der Waals surface area (Å²) in [5, 5.41) is 0.375. The summed E-state index contributed by atoms with van der Waals surface area (Å²) in [7, 11) is -4.15. The van der Waals surface area contributed by atoms with Gasteiger partial charge < -0.3 is 14.4 Å². The molecule has 1 atom stereocenters. The topological polar surface area (TPSA) is 97.8 Å². The van der Waals surface area contributed by atoms with Crippen molar-refractivity contribution >= 4 is 27.7 Å². The van der Waals surface area contributed by atoms with Crippen LogP contribution in [0.15, 0.2) is 47.5 Å². The van der Waals surface area contributed by atoms with Gasteiger partial charge in [-0.15, -0.1) is 13.2 Å². The van der Waals surface area contributed by atoms with E-state index in [1.807, 2.05) is 0 Å². The number of halogens is 4. The van der Waals surface area contributed by atoms with Gasteiger partial charge in [0.15, 0.2) is 0 Å². The summed E-state index contributed by atoms with van der Waals surface area (Å²) in [6, 6.07) is 6.34. The predicted octanol–water partition coefficient (Wildman–Crippen LogP) is 5.30. The molecule has 0 aliphatic carbocycles. The second-order valence-electron chi connectivity index (χ2n) is 9.32. The summed E-state index contributed by atoms with van der Waals surface area (Å²) in [6.07, 6.45) is -3.00. The van der Waals surface area contributed by atoms with E-state index in [9.17, 15) is 26.4 Å². The quantitative estimate of drug-likeness (QED) is 0.525. The summed E-state index contributed by atoms with van der Waals surface area (Å²) < 4.78 is 75.4. The van der Waals surface area contributed by atoms with Crippen molar-refractivity contribution in [2.45, 2.75) is 56.5 Å². The number of nitrogens with one attached hydrogen (secondary N) is 1. The van der Waals surface area contributed by atoms with Crippen LogP contribution in [0.1, 0.15) is 45.3 Å². The third kappa shape index (κ3) is 7.97. The molecule has 1 aliphatic rings. The Morgan fingerprint density at radius 3 is 2.22 bits per heavy atom. The van der Waals surface area contributed by atoms with Crippen molar-refractivity contribution in [1.82, 2.24) is 14.6 Å². The van der Waals surface area contributed by atoms with Crippen LogP contribution in [0.3, 0.4) is 0 Å². The number of amides is 1. The Morgan fingerprint density at radius 1 is 1.11 bits per heavy atom. The molecule has 36 heavy (non-hydrogen) atoms. The van der Waals surface area contributed by atoms with Crippen molar-refractivity contribution in [2.24, 2.45) is 5.92 Å². The summed E-state index contributed by atoms with van der Waals surface area (Å²) in [4.78, 5) is 18.0. The summed E-state index contributed by atoms with van der Waals surface area (Å²) >= 11 is 5.95. The smallest absolute Gasteiger partial charge is 0.444 e. The SMILES string of the molecule is CC(C)(C)OC(=O)N1CCC([C@H](NS(=O)(=O)c2ccc(OC(F)(F)F)cc2)c2ccc(Cl)cn2)CC1. The van der Waals surface area contributed by atoms with Crippen LogP contribution >= 0.6 is 11.6 Å². The first-order valence-corrected chi connectivity index (χ1v) is 13.0. The second kappa shape index (κ2) is 10.8. The maximum Gasteiger partial charge on any atom is 0.573 e. The number of nitrogens with zero attached hydrogens (tertiary/aromatic N) is 2. The van der Waals surface area contributed by atoms with Crippen LogP contribution in [0, 0.1) is 5.92 Å². The van der Waals surface area contributed by atoms with Crippen LogP contribution in [-0.2, 0) is 14.8 Å². The number of piperidine rings is 1. The molecule has 0 radical (unpaired) electrons. The van der Waals surface area contributed by atoms with E-state index in [0.717, 1.165) is 24.3 Å². The number of likely N-dealkylation sites (tertiary alicyclic amines) is 1. The molecule has 1 aliphatic heterocycles. The molecule has 1 aromatic carbocycles. The van der Waals surface area contributed by atoms with Crippen LogP contribution in [0.2, 0.25) is 5.02 Å². The van der Waals surface area contributed by atoms with Crippen LogP contribution in [0.5, 0.6) is 5.75 Å². The van der Waals surface area contributed by atoms with Crippen LogP contribution in [-0.4, -0.2) is 49.4 Å². The lowest BCUT2D eigenvalue weighted by atomic mass is 9.88.